The molecule has 102 valence electrons. The summed E-state index contributed by atoms with van der Waals surface area (Å²) in [7, 11) is 0. The van der Waals surface area contributed by atoms with Crippen LogP contribution in [0.25, 0.3) is 0 Å². The van der Waals surface area contributed by atoms with Gasteiger partial charge in [-0.05, 0) is 31.9 Å². The highest BCUT2D eigenvalue weighted by Crippen LogP contribution is 2.16. The molecule has 1 aromatic rings. The van der Waals surface area contributed by atoms with E-state index < -0.39 is 0 Å². The van der Waals surface area contributed by atoms with Gasteiger partial charge in [0.25, 0.3) is 5.91 Å². The lowest BCUT2D eigenvalue weighted by Crippen LogP contribution is -2.45. The van der Waals surface area contributed by atoms with Crippen molar-refractivity contribution in [3.8, 4) is 11.8 Å². The molecule has 1 rings (SSSR count). The van der Waals surface area contributed by atoms with Gasteiger partial charge in [0, 0.05) is 11.1 Å². The van der Waals surface area contributed by atoms with E-state index in [1.165, 1.54) is 0 Å². The third-order valence-corrected chi connectivity index (χ3v) is 3.47. The van der Waals surface area contributed by atoms with E-state index in [1.54, 1.807) is 6.07 Å². The highest BCUT2D eigenvalue weighted by Gasteiger charge is 2.23. The van der Waals surface area contributed by atoms with Crippen LogP contribution < -0.4 is 11.1 Å². The quantitative estimate of drug-likeness (QED) is 0.814. The van der Waals surface area contributed by atoms with Gasteiger partial charge in [-0.1, -0.05) is 37.8 Å². The van der Waals surface area contributed by atoms with Crippen LogP contribution in [0.5, 0.6) is 0 Å². The average Bonchev–Trinajstić information content (AvgIpc) is 2.45. The molecule has 3 heteroatoms. The summed E-state index contributed by atoms with van der Waals surface area (Å²) in [4.78, 5) is 12.4. The van der Waals surface area contributed by atoms with Gasteiger partial charge in [0.05, 0.1) is 12.1 Å². The molecule has 0 aliphatic heterocycles. The molecule has 0 bridgehead atoms. The molecule has 0 atom stereocenters. The highest BCUT2D eigenvalue weighted by molar-refractivity contribution is 5.97. The van der Waals surface area contributed by atoms with Crippen LogP contribution in [0.1, 0.15) is 49.5 Å². The van der Waals surface area contributed by atoms with Gasteiger partial charge in [0.1, 0.15) is 0 Å². The Balaban J connectivity index is 3.00. The summed E-state index contributed by atoms with van der Waals surface area (Å²) in [6, 6.07) is 7.35. The van der Waals surface area contributed by atoms with Gasteiger partial charge < -0.3 is 11.1 Å². The number of amides is 1. The third kappa shape index (κ3) is 4.11. The normalized spacial score (nSPS) is 10.5. The molecule has 0 fully saturated rings. The van der Waals surface area contributed by atoms with E-state index in [1.807, 2.05) is 18.2 Å². The van der Waals surface area contributed by atoms with E-state index in [9.17, 15) is 4.79 Å². The van der Waals surface area contributed by atoms with E-state index in [0.717, 1.165) is 18.4 Å². The molecule has 19 heavy (non-hydrogen) atoms. The number of hydrogen-bond acceptors (Lipinski definition) is 2. The van der Waals surface area contributed by atoms with Crippen LogP contribution in [0.3, 0.4) is 0 Å². The van der Waals surface area contributed by atoms with Crippen molar-refractivity contribution < 1.29 is 4.79 Å². The van der Waals surface area contributed by atoms with Gasteiger partial charge >= 0.3 is 0 Å². The summed E-state index contributed by atoms with van der Waals surface area (Å²) in [6.45, 7) is 6.49. The highest BCUT2D eigenvalue weighted by atomic mass is 16.1. The molecule has 0 saturated carbocycles. The number of nitrogens with two attached hydrogens (primary N) is 1. The fourth-order valence-electron chi connectivity index (χ4n) is 1.70. The molecule has 0 aliphatic carbocycles. The van der Waals surface area contributed by atoms with Gasteiger partial charge in [-0.15, -0.1) is 0 Å². The molecule has 0 heterocycles. The predicted molar refractivity (Wildman–Crippen MR) is 78.8 cm³/mol. The molecule has 0 aromatic heterocycles. The van der Waals surface area contributed by atoms with Gasteiger partial charge in [-0.25, -0.2) is 0 Å². The minimum absolute atomic E-state index is 0.0758. The van der Waals surface area contributed by atoms with Gasteiger partial charge in [-0.3, -0.25) is 4.79 Å². The van der Waals surface area contributed by atoms with Crippen molar-refractivity contribution in [2.45, 2.75) is 39.2 Å². The Bertz CT molecular complexity index is 493. The lowest BCUT2D eigenvalue weighted by Gasteiger charge is -2.28. The third-order valence-electron chi connectivity index (χ3n) is 3.47. The number of hydrogen-bond donors (Lipinski definition) is 2. The van der Waals surface area contributed by atoms with Crippen molar-refractivity contribution in [3.05, 3.63) is 35.4 Å². The van der Waals surface area contributed by atoms with Gasteiger partial charge in [0.2, 0.25) is 0 Å². The minimum Gasteiger partial charge on any atom is -0.347 e. The van der Waals surface area contributed by atoms with Crippen LogP contribution >= 0.6 is 0 Å². The second kappa shape index (κ2) is 6.96. The molecule has 1 amide bonds. The summed E-state index contributed by atoms with van der Waals surface area (Å²) in [5.41, 5.74) is 6.53. The van der Waals surface area contributed by atoms with Crippen molar-refractivity contribution in [2.75, 3.05) is 6.54 Å². The topological polar surface area (TPSA) is 55.1 Å². The van der Waals surface area contributed by atoms with E-state index in [4.69, 9.17) is 5.73 Å². The Labute approximate surface area is 115 Å². The summed E-state index contributed by atoms with van der Waals surface area (Å²) in [5.74, 6) is 5.65. The maximum Gasteiger partial charge on any atom is 0.252 e. The molecule has 0 aliphatic rings. The fourth-order valence-corrected chi connectivity index (χ4v) is 1.70. The minimum atomic E-state index is -0.175. The Hall–Kier alpha value is -1.79. The number of benzene rings is 1. The largest absolute Gasteiger partial charge is 0.347 e. The Kier molecular flexibility index (Phi) is 5.59. The van der Waals surface area contributed by atoms with Crippen molar-refractivity contribution >= 4 is 5.91 Å². The maximum atomic E-state index is 12.4. The number of nitrogens with one attached hydrogen (secondary N) is 1. The first kappa shape index (κ1) is 15.3. The van der Waals surface area contributed by atoms with Gasteiger partial charge in [0.15, 0.2) is 0 Å². The van der Waals surface area contributed by atoms with Gasteiger partial charge in [-0.2, -0.15) is 0 Å². The van der Waals surface area contributed by atoms with E-state index in [-0.39, 0.29) is 18.0 Å². The first-order valence-corrected chi connectivity index (χ1v) is 6.66. The number of carbonyl (C=O) groups is 1. The Morgan fingerprint density at radius 1 is 1.32 bits per heavy atom. The standard InChI is InChI=1S/C16H22N2O/c1-4-16(3,5-2)18-15(19)14-11-7-6-9-13(14)10-8-12-17/h6-7,9,11H,4-5,12,17H2,1-3H3,(H,18,19). The fraction of sp³-hybridized carbons (Fsp3) is 0.438. The maximum absolute atomic E-state index is 12.4. The van der Waals surface area contributed by atoms with Crippen LogP contribution in [0.15, 0.2) is 24.3 Å². The summed E-state index contributed by atoms with van der Waals surface area (Å²) < 4.78 is 0. The van der Waals surface area contributed by atoms with E-state index in [0.29, 0.717) is 5.56 Å². The van der Waals surface area contributed by atoms with Crippen molar-refractivity contribution in [1.82, 2.24) is 5.32 Å². The monoisotopic (exact) mass is 258 g/mol. The zero-order valence-corrected chi connectivity index (χ0v) is 11.9. The first-order valence-electron chi connectivity index (χ1n) is 6.66. The zero-order valence-electron chi connectivity index (χ0n) is 11.9. The Morgan fingerprint density at radius 2 is 1.95 bits per heavy atom. The molecular weight excluding hydrogens is 236 g/mol. The predicted octanol–water partition coefficient (Wildman–Crippen LogP) is 2.31. The van der Waals surface area contributed by atoms with Crippen LogP contribution in [0.2, 0.25) is 0 Å². The van der Waals surface area contributed by atoms with Crippen LogP contribution in [-0.2, 0) is 0 Å². The van der Waals surface area contributed by atoms with Crippen LogP contribution in [0, 0.1) is 11.8 Å². The second-order valence-electron chi connectivity index (χ2n) is 4.77. The average molecular weight is 258 g/mol. The van der Waals surface area contributed by atoms with E-state index >= 15 is 0 Å². The lowest BCUT2D eigenvalue weighted by atomic mass is 9.94. The smallest absolute Gasteiger partial charge is 0.252 e. The van der Waals surface area contributed by atoms with Crippen molar-refractivity contribution in [2.24, 2.45) is 5.73 Å². The molecule has 1 aromatic carbocycles. The molecule has 3 N–H and O–H groups in total. The summed E-state index contributed by atoms with van der Waals surface area (Å²) in [6.07, 6.45) is 1.79. The van der Waals surface area contributed by atoms with Crippen LogP contribution in [0.4, 0.5) is 0 Å². The summed E-state index contributed by atoms with van der Waals surface area (Å²) >= 11 is 0. The Morgan fingerprint density at radius 3 is 2.53 bits per heavy atom. The number of carbonyl (C=O) groups excluding carboxylic acids is 1. The van der Waals surface area contributed by atoms with Crippen molar-refractivity contribution in [1.29, 1.82) is 0 Å². The summed E-state index contributed by atoms with van der Waals surface area (Å²) in [5, 5.41) is 3.09. The van der Waals surface area contributed by atoms with E-state index in [2.05, 4.69) is 37.9 Å². The lowest BCUT2D eigenvalue weighted by molar-refractivity contribution is 0.0901. The zero-order chi connectivity index (χ0) is 14.3. The first-order chi connectivity index (χ1) is 9.06. The molecule has 0 radical (unpaired) electrons. The molecule has 3 nitrogen and oxygen atoms in total. The van der Waals surface area contributed by atoms with Crippen molar-refractivity contribution in [3.63, 3.8) is 0 Å². The van der Waals surface area contributed by atoms with Crippen LogP contribution in [-0.4, -0.2) is 18.0 Å². The molecular formula is C16H22N2O. The SMILES string of the molecule is CCC(C)(CC)NC(=O)c1ccccc1C#CCN. The number of rotatable bonds is 4. The molecule has 0 spiro atoms. The molecule has 0 unspecified atom stereocenters. The second-order valence-corrected chi connectivity index (χ2v) is 4.77. The molecule has 0 saturated heterocycles.